The lowest BCUT2D eigenvalue weighted by atomic mass is 9.85. The van der Waals surface area contributed by atoms with E-state index in [0.717, 1.165) is 30.5 Å². The molecule has 158 valence electrons. The summed E-state index contributed by atoms with van der Waals surface area (Å²) in [5.41, 5.74) is 1.84. The number of nitrogens with one attached hydrogen (secondary N) is 1. The highest BCUT2D eigenvalue weighted by atomic mass is 35.5. The third-order valence-corrected chi connectivity index (χ3v) is 6.19. The van der Waals surface area contributed by atoms with Gasteiger partial charge in [0.25, 0.3) is 0 Å². The van der Waals surface area contributed by atoms with Gasteiger partial charge in [-0.25, -0.2) is 4.39 Å². The molecular weight excluding hydrogens is 395 g/mol. The van der Waals surface area contributed by atoms with Crippen molar-refractivity contribution in [2.45, 2.75) is 24.9 Å². The van der Waals surface area contributed by atoms with Crippen LogP contribution in [0.1, 0.15) is 36.0 Å². The quantitative estimate of drug-likeness (QED) is 0.792. The Morgan fingerprint density at radius 2 is 1.93 bits per heavy atom. The lowest BCUT2D eigenvalue weighted by molar-refractivity contribution is -0.137. The summed E-state index contributed by atoms with van der Waals surface area (Å²) < 4.78 is 14.9. The van der Waals surface area contributed by atoms with Gasteiger partial charge in [-0.05, 0) is 42.0 Å². The van der Waals surface area contributed by atoms with Gasteiger partial charge in [0.15, 0.2) is 0 Å². The van der Waals surface area contributed by atoms with Crippen molar-refractivity contribution >= 4 is 18.3 Å². The number of nitrogens with zero attached hydrogens (tertiary/aromatic N) is 3. The summed E-state index contributed by atoms with van der Waals surface area (Å²) in [5.74, 6) is 0.0649. The maximum atomic E-state index is 13.1. The Morgan fingerprint density at radius 3 is 2.55 bits per heavy atom. The fraction of sp³-hybridized carbons (Fsp3) is 0.524. The first-order chi connectivity index (χ1) is 13.5. The first-order valence-electron chi connectivity index (χ1n) is 9.94. The van der Waals surface area contributed by atoms with Crippen molar-refractivity contribution in [2.24, 2.45) is 18.9 Å². The molecule has 1 amide bonds. The summed E-state index contributed by atoms with van der Waals surface area (Å²) in [5, 5.41) is 18.2. The van der Waals surface area contributed by atoms with Crippen molar-refractivity contribution < 1.29 is 14.3 Å². The van der Waals surface area contributed by atoms with Crippen molar-refractivity contribution in [2.75, 3.05) is 26.2 Å². The number of aromatic nitrogens is 2. The zero-order valence-electron chi connectivity index (χ0n) is 16.5. The molecule has 6 nitrogen and oxygen atoms in total. The molecule has 0 aliphatic carbocycles. The summed E-state index contributed by atoms with van der Waals surface area (Å²) in [6.45, 7) is 2.79. The Hall–Kier alpha value is -1.96. The van der Waals surface area contributed by atoms with E-state index < -0.39 is 6.10 Å². The SMILES string of the molecule is Cl.Cn1cc([C@H]2CNC[C@@H]2C(=O)N2CCC(C(O)c3ccc(F)cc3)CC2)cn1. The average Bonchev–Trinajstić information content (AvgIpc) is 3.36. The largest absolute Gasteiger partial charge is 0.388 e. The Balaban J connectivity index is 0.00000240. The molecule has 0 radical (unpaired) electrons. The van der Waals surface area contributed by atoms with Crippen molar-refractivity contribution in [1.82, 2.24) is 20.0 Å². The maximum Gasteiger partial charge on any atom is 0.227 e. The second kappa shape index (κ2) is 9.24. The molecule has 1 aromatic carbocycles. The molecular formula is C21H28ClFN4O2. The van der Waals surface area contributed by atoms with Crippen LogP contribution >= 0.6 is 12.4 Å². The number of aliphatic hydroxyl groups excluding tert-OH is 1. The minimum atomic E-state index is -0.617. The van der Waals surface area contributed by atoms with Crippen molar-refractivity contribution in [3.8, 4) is 0 Å². The van der Waals surface area contributed by atoms with Crippen LogP contribution in [-0.2, 0) is 11.8 Å². The number of hydrogen-bond acceptors (Lipinski definition) is 4. The zero-order chi connectivity index (χ0) is 19.7. The molecule has 2 fully saturated rings. The van der Waals surface area contributed by atoms with E-state index in [1.165, 1.54) is 12.1 Å². The summed E-state index contributed by atoms with van der Waals surface area (Å²) in [4.78, 5) is 15.1. The van der Waals surface area contributed by atoms with E-state index in [2.05, 4.69) is 10.4 Å². The molecule has 29 heavy (non-hydrogen) atoms. The molecule has 3 heterocycles. The van der Waals surface area contributed by atoms with Crippen LogP contribution < -0.4 is 5.32 Å². The van der Waals surface area contributed by atoms with Crippen LogP contribution in [0.5, 0.6) is 0 Å². The normalized spacial score (nSPS) is 23.6. The number of hydrogen-bond donors (Lipinski definition) is 2. The number of carbonyl (C=O) groups is 1. The molecule has 4 rings (SSSR count). The Morgan fingerprint density at radius 1 is 1.24 bits per heavy atom. The van der Waals surface area contributed by atoms with Gasteiger partial charge in [-0.1, -0.05) is 12.1 Å². The molecule has 2 aliphatic heterocycles. The summed E-state index contributed by atoms with van der Waals surface area (Å²) in [6.07, 6.45) is 4.73. The topological polar surface area (TPSA) is 70.4 Å². The fourth-order valence-corrected chi connectivity index (χ4v) is 4.52. The van der Waals surface area contributed by atoms with Crippen LogP contribution in [0, 0.1) is 17.7 Å². The number of benzene rings is 1. The highest BCUT2D eigenvalue weighted by molar-refractivity contribution is 5.85. The summed E-state index contributed by atoms with van der Waals surface area (Å²) in [6, 6.07) is 6.03. The van der Waals surface area contributed by atoms with E-state index in [4.69, 9.17) is 0 Å². The molecule has 2 aliphatic rings. The third-order valence-electron chi connectivity index (χ3n) is 6.19. The monoisotopic (exact) mass is 422 g/mol. The van der Waals surface area contributed by atoms with Crippen LogP contribution in [0.15, 0.2) is 36.7 Å². The van der Waals surface area contributed by atoms with Crippen molar-refractivity contribution in [3.05, 3.63) is 53.6 Å². The van der Waals surface area contributed by atoms with Gasteiger partial charge >= 0.3 is 0 Å². The van der Waals surface area contributed by atoms with Gasteiger partial charge in [0.1, 0.15) is 5.82 Å². The van der Waals surface area contributed by atoms with Crippen LogP contribution in [0.2, 0.25) is 0 Å². The van der Waals surface area contributed by atoms with E-state index in [-0.39, 0.29) is 41.9 Å². The Labute approximate surface area is 176 Å². The third kappa shape index (κ3) is 4.63. The van der Waals surface area contributed by atoms with Gasteiger partial charge in [-0.15, -0.1) is 12.4 Å². The highest BCUT2D eigenvalue weighted by Crippen LogP contribution is 2.34. The molecule has 2 N–H and O–H groups in total. The predicted octanol–water partition coefficient (Wildman–Crippen LogP) is 2.26. The minimum Gasteiger partial charge on any atom is -0.388 e. The second-order valence-corrected chi connectivity index (χ2v) is 7.98. The average molecular weight is 423 g/mol. The molecule has 0 bridgehead atoms. The van der Waals surface area contributed by atoms with E-state index in [1.54, 1.807) is 16.8 Å². The number of halogens is 2. The molecule has 2 saturated heterocycles. The molecule has 8 heteroatoms. The first-order valence-corrected chi connectivity index (χ1v) is 9.94. The molecule has 1 aromatic heterocycles. The Kier molecular flexibility index (Phi) is 6.93. The predicted molar refractivity (Wildman–Crippen MR) is 110 cm³/mol. The second-order valence-electron chi connectivity index (χ2n) is 7.98. The van der Waals surface area contributed by atoms with Crippen LogP contribution in [0.4, 0.5) is 4.39 Å². The number of carbonyl (C=O) groups excluding carboxylic acids is 1. The van der Waals surface area contributed by atoms with Crippen LogP contribution in [0.25, 0.3) is 0 Å². The highest BCUT2D eigenvalue weighted by Gasteiger charge is 2.38. The molecule has 1 unspecified atom stereocenters. The van der Waals surface area contributed by atoms with E-state index in [1.807, 2.05) is 24.3 Å². The van der Waals surface area contributed by atoms with Gasteiger partial charge in [0.05, 0.1) is 18.2 Å². The van der Waals surface area contributed by atoms with Gasteiger partial charge in [-0.3, -0.25) is 9.48 Å². The lowest BCUT2D eigenvalue weighted by Crippen LogP contribution is -2.44. The Bertz CT molecular complexity index is 820. The molecule has 3 atom stereocenters. The first kappa shape index (κ1) is 21.7. The van der Waals surface area contributed by atoms with Crippen molar-refractivity contribution in [1.29, 1.82) is 0 Å². The smallest absolute Gasteiger partial charge is 0.227 e. The molecule has 0 spiro atoms. The van der Waals surface area contributed by atoms with E-state index in [9.17, 15) is 14.3 Å². The van der Waals surface area contributed by atoms with Gasteiger partial charge in [0.2, 0.25) is 5.91 Å². The van der Waals surface area contributed by atoms with E-state index in [0.29, 0.717) is 19.6 Å². The maximum absolute atomic E-state index is 13.1. The standard InChI is InChI=1S/C21H27FN4O2.ClH/c1-25-13-16(10-24-25)18-11-23-12-19(18)21(28)26-8-6-15(7-9-26)20(27)14-2-4-17(22)5-3-14;/h2-5,10,13,15,18-20,23,27H,6-9,11-12H2,1H3;1H/t18-,19+,20?;/m1./s1. The number of aliphatic hydroxyl groups is 1. The summed E-state index contributed by atoms with van der Waals surface area (Å²) >= 11 is 0. The van der Waals surface area contributed by atoms with Crippen LogP contribution in [0.3, 0.4) is 0 Å². The van der Waals surface area contributed by atoms with E-state index >= 15 is 0 Å². The zero-order valence-corrected chi connectivity index (χ0v) is 17.3. The lowest BCUT2D eigenvalue weighted by Gasteiger charge is -2.36. The van der Waals surface area contributed by atoms with Crippen molar-refractivity contribution in [3.63, 3.8) is 0 Å². The minimum absolute atomic E-state index is 0. The van der Waals surface area contributed by atoms with Crippen LogP contribution in [-0.4, -0.2) is 51.9 Å². The van der Waals surface area contributed by atoms with Gasteiger partial charge < -0.3 is 15.3 Å². The number of piperidine rings is 1. The molecule has 0 saturated carbocycles. The number of amides is 1. The van der Waals surface area contributed by atoms with Gasteiger partial charge in [-0.2, -0.15) is 5.10 Å². The number of aryl methyl sites for hydroxylation is 1. The summed E-state index contributed by atoms with van der Waals surface area (Å²) in [7, 11) is 1.89. The molecule has 2 aromatic rings. The fourth-order valence-electron chi connectivity index (χ4n) is 4.52. The van der Waals surface area contributed by atoms with Gasteiger partial charge in [0, 0.05) is 45.3 Å². The number of rotatable bonds is 4. The number of likely N-dealkylation sites (tertiary alicyclic amines) is 1.